The number of likely N-dealkylation sites (N-methyl/N-ethyl adjacent to an activating group) is 1. The zero-order chi connectivity index (χ0) is 49.2. The molecule has 3 amide bonds. The minimum atomic E-state index is -3.87. The number of nitrogens with zero attached hydrogens (tertiary/aromatic N) is 6. The molecule has 3 aliphatic rings. The second kappa shape index (κ2) is 20.4. The Balaban J connectivity index is 1.30. The molecule has 5 heterocycles. The average molecular weight is 954 g/mol. The Morgan fingerprint density at radius 2 is 1.88 bits per heavy atom. The number of carbonyl (C=O) groups excluding carboxylic acids is 3. The van der Waals surface area contributed by atoms with Gasteiger partial charge in [-0.2, -0.15) is 18.1 Å². The lowest BCUT2D eigenvalue weighted by molar-refractivity contribution is -0.835. The smallest absolute Gasteiger partial charge is 0.326 e. The van der Waals surface area contributed by atoms with Gasteiger partial charge in [-0.25, -0.2) is 4.84 Å². The Bertz CT molecular complexity index is 2760. The number of phenolic OH excluding ortho intramolecular Hbond substituents is 1. The fourth-order valence-corrected chi connectivity index (χ4v) is 11.0. The van der Waals surface area contributed by atoms with Crippen LogP contribution in [-0.2, 0) is 53.4 Å². The number of hydrazine groups is 1. The number of sulfonamides is 1. The first-order valence-electron chi connectivity index (χ1n) is 23.4. The zero-order valence-electron chi connectivity index (χ0n) is 40.5. The number of rotatable bonds is 10. The fourth-order valence-electron chi connectivity index (χ4n) is 9.94. The van der Waals surface area contributed by atoms with Crippen molar-refractivity contribution in [3.63, 3.8) is 0 Å². The van der Waals surface area contributed by atoms with Crippen LogP contribution in [0.25, 0.3) is 33.3 Å². The Morgan fingerprint density at radius 3 is 2.59 bits per heavy atom. The molecule has 7 rings (SSSR count). The molecule has 0 aliphatic carbocycles. The second-order valence-corrected chi connectivity index (χ2v) is 21.0. The van der Waals surface area contributed by atoms with Gasteiger partial charge in [0.25, 0.3) is 15.9 Å². The van der Waals surface area contributed by atoms with Crippen molar-refractivity contribution in [2.75, 3.05) is 40.4 Å². The molecule has 0 saturated carbocycles. The molecule has 3 N–H and O–H groups in total. The van der Waals surface area contributed by atoms with Crippen LogP contribution in [0.3, 0.4) is 0 Å². The van der Waals surface area contributed by atoms with Gasteiger partial charge in [0.1, 0.15) is 17.8 Å². The van der Waals surface area contributed by atoms with E-state index in [4.69, 9.17) is 14.6 Å². The highest BCUT2D eigenvalue weighted by atomic mass is 32.2. The maximum atomic E-state index is 14.7. The number of nitrogens with one attached hydrogen (secondary N) is 2. The fraction of sp³-hybridized carbons (Fsp3) is 0.520. The predicted octanol–water partition coefficient (Wildman–Crippen LogP) is 5.69. The number of carbonyl (C=O) groups is 3. The first-order chi connectivity index (χ1) is 32.3. The Kier molecular flexibility index (Phi) is 15.0. The number of pyridine rings is 1. The monoisotopic (exact) mass is 953 g/mol. The summed E-state index contributed by atoms with van der Waals surface area (Å²) in [6.45, 7) is 14.2. The van der Waals surface area contributed by atoms with E-state index in [1.807, 2.05) is 39.0 Å². The highest BCUT2D eigenvalue weighted by Crippen LogP contribution is 2.42. The van der Waals surface area contributed by atoms with Crippen molar-refractivity contribution in [1.29, 1.82) is 0 Å². The van der Waals surface area contributed by atoms with Crippen molar-refractivity contribution in [3.8, 4) is 39.3 Å². The van der Waals surface area contributed by atoms with Crippen molar-refractivity contribution in [1.82, 2.24) is 34.5 Å². The van der Waals surface area contributed by atoms with Crippen LogP contribution in [0.5, 0.6) is 5.75 Å². The van der Waals surface area contributed by atoms with Crippen LogP contribution in [0.2, 0.25) is 0 Å². The number of ether oxygens (including phenoxy) is 1. The Morgan fingerprint density at radius 1 is 1.12 bits per heavy atom. The SMILES string of the molecule is CC#CS(=O)(=O)N1CC[C@H](C(=O)N(C)[C@H](C(=O)N[C@H]2Cc3cc(O)cc(c3)-c3ccc4c(c3)c(c(-c3cccnc3[C@H](C)OC)n4CC)CC(C)(C)CO[N+](=O)[C@@H]3CCCN(N3)C2=O)C(C)C)C1. The summed E-state index contributed by atoms with van der Waals surface area (Å²) in [6, 6.07) is 13.0. The molecule has 68 heavy (non-hydrogen) atoms. The lowest BCUT2D eigenvalue weighted by Gasteiger charge is -2.35. The van der Waals surface area contributed by atoms with Crippen LogP contribution in [0, 0.1) is 33.3 Å². The molecule has 4 aromatic rings. The van der Waals surface area contributed by atoms with Gasteiger partial charge in [-0.05, 0) is 105 Å². The van der Waals surface area contributed by atoms with Crippen molar-refractivity contribution >= 4 is 38.6 Å². The molecule has 2 fully saturated rings. The molecule has 18 heteroatoms. The number of aromatic nitrogens is 2. The Hall–Kier alpha value is -5.87. The lowest BCUT2D eigenvalue weighted by atomic mass is 9.84. The number of hydrogen-bond donors (Lipinski definition) is 3. The van der Waals surface area contributed by atoms with Crippen molar-refractivity contribution in [3.05, 3.63) is 76.5 Å². The third kappa shape index (κ3) is 10.4. The highest BCUT2D eigenvalue weighted by molar-refractivity contribution is 7.93. The number of hydrogen-bond acceptors (Lipinski definition) is 11. The number of aromatic hydroxyl groups is 1. The minimum Gasteiger partial charge on any atom is -0.508 e. The summed E-state index contributed by atoms with van der Waals surface area (Å²) in [7, 11) is -0.697. The third-order valence-electron chi connectivity index (χ3n) is 13.3. The van der Waals surface area contributed by atoms with E-state index in [0.717, 1.165) is 39.0 Å². The molecular formula is C50H65N8O9S+. The number of benzene rings is 2. The van der Waals surface area contributed by atoms with Crippen LogP contribution in [0.4, 0.5) is 0 Å². The van der Waals surface area contributed by atoms with Crippen LogP contribution >= 0.6 is 0 Å². The molecular weight excluding hydrogens is 889 g/mol. The predicted molar refractivity (Wildman–Crippen MR) is 257 cm³/mol. The summed E-state index contributed by atoms with van der Waals surface area (Å²) in [5, 5.41) is 18.8. The van der Waals surface area contributed by atoms with Gasteiger partial charge in [-0.15, -0.1) is 0 Å². The van der Waals surface area contributed by atoms with Gasteiger partial charge in [-0.3, -0.25) is 24.4 Å². The summed E-state index contributed by atoms with van der Waals surface area (Å²) in [6.07, 6.45) is 2.11. The molecule has 5 atom stereocenters. The standard InChI is InChI=1S/C50H64N8O9S/c1-10-22-68(64,65)55-21-18-35(29-55)48(61)54(8)45(31(3)4)47(60)52-41-25-33-23-36(26-37(59)24-33)34-16-17-42-39(27-34)40(46(56(42)11-2)38-14-12-19-51-44(38)32(5)66-9)28-50(6,7)30-67-58(63)43-15-13-20-57(53-43)49(41)62/h12,14,16-17,19,23-24,26-27,31-32,35,41,43,45,53H,11,13,15,18,20-21,25,28-30H2,1-9H3,(H-,52,59,60)/p+1/t32-,35-,41-,43+,45-/m0/s1. The maximum Gasteiger partial charge on any atom is 0.326 e. The quantitative estimate of drug-likeness (QED) is 0.165. The maximum absolute atomic E-state index is 14.7. The van der Waals surface area contributed by atoms with Crippen molar-refractivity contribution in [2.45, 2.75) is 111 Å². The molecule has 0 spiro atoms. The molecule has 0 unspecified atom stereocenters. The topological polar surface area (TPSA) is 196 Å². The normalized spacial score (nSPS) is 21.1. The summed E-state index contributed by atoms with van der Waals surface area (Å²) in [4.78, 5) is 69.8. The molecule has 6 bridgehead atoms. The van der Waals surface area contributed by atoms with E-state index >= 15 is 0 Å². The molecule has 3 aliphatic heterocycles. The van der Waals surface area contributed by atoms with E-state index in [2.05, 4.69) is 51.6 Å². The largest absolute Gasteiger partial charge is 0.508 e. The number of aryl methyl sites for hydroxylation is 1. The lowest BCUT2D eigenvalue weighted by Crippen LogP contribution is -2.62. The first kappa shape index (κ1) is 50.0. The minimum absolute atomic E-state index is 0.0375. The first-order valence-corrected chi connectivity index (χ1v) is 24.8. The average Bonchev–Trinajstić information content (AvgIpc) is 3.93. The van der Waals surface area contributed by atoms with Gasteiger partial charge in [0.05, 0.1) is 28.3 Å². The van der Waals surface area contributed by atoms with Gasteiger partial charge in [0.2, 0.25) is 16.7 Å². The van der Waals surface area contributed by atoms with Crippen LogP contribution in [-0.4, -0.2) is 119 Å². The van der Waals surface area contributed by atoms with Gasteiger partial charge in [0, 0.05) is 86.5 Å². The van der Waals surface area contributed by atoms with Gasteiger partial charge >= 0.3 is 6.17 Å². The van der Waals surface area contributed by atoms with Gasteiger partial charge in [0.15, 0.2) is 6.61 Å². The van der Waals surface area contributed by atoms with Crippen LogP contribution in [0.15, 0.2) is 54.7 Å². The van der Waals surface area contributed by atoms with E-state index in [9.17, 15) is 32.8 Å². The number of amides is 3. The second-order valence-electron chi connectivity index (χ2n) is 19.3. The summed E-state index contributed by atoms with van der Waals surface area (Å²) < 4.78 is 34.6. The van der Waals surface area contributed by atoms with E-state index < -0.39 is 63.2 Å². The molecule has 0 radical (unpaired) electrons. The molecule has 364 valence electrons. The summed E-state index contributed by atoms with van der Waals surface area (Å²) >= 11 is 0. The van der Waals surface area contributed by atoms with E-state index in [-0.39, 0.29) is 50.9 Å². The molecule has 2 aromatic carbocycles. The van der Waals surface area contributed by atoms with Gasteiger partial charge < -0.3 is 24.6 Å². The van der Waals surface area contributed by atoms with Gasteiger partial charge in [-0.1, -0.05) is 45.7 Å². The van der Waals surface area contributed by atoms with Crippen molar-refractivity contribution < 1.29 is 42.4 Å². The van der Waals surface area contributed by atoms with E-state index in [0.29, 0.717) is 41.9 Å². The third-order valence-corrected chi connectivity index (χ3v) is 14.8. The summed E-state index contributed by atoms with van der Waals surface area (Å²) in [5.41, 5.74) is 9.26. The van der Waals surface area contributed by atoms with Crippen molar-refractivity contribution in [2.24, 2.45) is 17.3 Å². The van der Waals surface area contributed by atoms with E-state index in [1.54, 1.807) is 39.3 Å². The van der Waals surface area contributed by atoms with Crippen LogP contribution < -0.4 is 10.7 Å². The summed E-state index contributed by atoms with van der Waals surface area (Å²) in [5.74, 6) is -0.247. The number of methoxy groups -OCH3 is 1. The number of fused-ring (bicyclic) bond motifs is 6. The molecule has 2 aromatic heterocycles. The number of phenols is 1. The van der Waals surface area contributed by atoms with Crippen LogP contribution in [0.1, 0.15) is 90.7 Å². The highest BCUT2D eigenvalue weighted by Gasteiger charge is 2.42. The molecule has 2 saturated heterocycles. The van der Waals surface area contributed by atoms with E-state index in [1.165, 1.54) is 28.2 Å². The molecule has 17 nitrogen and oxygen atoms in total. The zero-order valence-corrected chi connectivity index (χ0v) is 41.4. The Labute approximate surface area is 399 Å².